The van der Waals surface area contributed by atoms with Crippen molar-refractivity contribution in [3.05, 3.63) is 0 Å². The van der Waals surface area contributed by atoms with Crippen molar-refractivity contribution < 1.29 is 22.9 Å². The second kappa shape index (κ2) is 11.0. The summed E-state index contributed by atoms with van der Waals surface area (Å²) in [5, 5.41) is 12.9. The molecule has 0 heterocycles. The molecule has 9 atom stereocenters. The van der Waals surface area contributed by atoms with Gasteiger partial charge in [-0.05, 0) is 111 Å². The minimum absolute atomic E-state index is 0. The zero-order valence-corrected chi connectivity index (χ0v) is 24.6. The first-order valence-electron chi connectivity index (χ1n) is 13.3. The molecule has 0 spiro atoms. The molecule has 1 amide bonds. The molecule has 4 aliphatic rings. The maximum atomic E-state index is 12.2. The van der Waals surface area contributed by atoms with E-state index < -0.39 is 15.9 Å². The first-order chi connectivity index (χ1) is 15.4. The standard InChI is InChI=1S/C26H45NO5S.Na/c1-17(4-9-24(29)27-14-15-33(30,31)32)21-7-8-22-20-6-5-18-16-19(28)10-12-25(18,2)23(20)11-13-26(21,22)3;/h17-23,28H,4-16H2,1-3H3,(H,27,29)(H,30,31,32);/t17-,18-,19-,20+,21-,22+,23+,25+,26-;/m1./s1. The molecule has 6 nitrogen and oxygen atoms in total. The zero-order valence-electron chi connectivity index (χ0n) is 21.8. The number of nitrogens with one attached hydrogen (secondary N) is 1. The zero-order chi connectivity index (χ0) is 24.0. The molecule has 3 N–H and O–H groups in total. The largest absolute Gasteiger partial charge is 0.393 e. The SMILES string of the molecule is C[C@H](CCC(=O)NCCS(=O)(=O)O)[C@H]1CC[C@H]2[C@@H]3CC[C@@H]4C[C@H](O)CC[C@]4(C)[C@H]3CC[C@]12C.[Na]. The fraction of sp³-hybridized carbons (Fsp3) is 0.962. The first-order valence-corrected chi connectivity index (χ1v) is 14.9. The summed E-state index contributed by atoms with van der Waals surface area (Å²) in [4.78, 5) is 12.2. The van der Waals surface area contributed by atoms with Crippen LogP contribution in [0.15, 0.2) is 0 Å². The Labute approximate surface area is 228 Å². The smallest absolute Gasteiger partial charge is 0.266 e. The van der Waals surface area contributed by atoms with Gasteiger partial charge in [0, 0.05) is 42.5 Å². The average molecular weight is 507 g/mol. The van der Waals surface area contributed by atoms with E-state index in [1.807, 2.05) is 0 Å². The number of aliphatic hydroxyl groups excluding tert-OH is 1. The predicted octanol–water partition coefficient (Wildman–Crippen LogP) is 4.05. The van der Waals surface area contributed by atoms with Crippen LogP contribution >= 0.6 is 0 Å². The maximum Gasteiger partial charge on any atom is 0.266 e. The molecule has 4 aliphatic carbocycles. The molecule has 0 saturated heterocycles. The van der Waals surface area contributed by atoms with Crippen LogP contribution in [0.1, 0.15) is 91.4 Å². The van der Waals surface area contributed by atoms with Gasteiger partial charge in [-0.15, -0.1) is 0 Å². The Bertz CT molecular complexity index is 837. The van der Waals surface area contributed by atoms with Crippen LogP contribution in [0.2, 0.25) is 0 Å². The van der Waals surface area contributed by atoms with E-state index >= 15 is 0 Å². The molecule has 8 heteroatoms. The molecule has 1 radical (unpaired) electrons. The number of aliphatic hydroxyl groups is 1. The second-order valence-electron chi connectivity index (χ2n) is 12.5. The predicted molar refractivity (Wildman–Crippen MR) is 135 cm³/mol. The van der Waals surface area contributed by atoms with Gasteiger partial charge in [0.2, 0.25) is 5.91 Å². The van der Waals surface area contributed by atoms with Crippen LogP contribution in [0.3, 0.4) is 0 Å². The third kappa shape index (κ3) is 5.75. The molecule has 0 aromatic rings. The molecule has 4 rings (SSSR count). The Hall–Kier alpha value is 0.340. The molecule has 0 bridgehead atoms. The summed E-state index contributed by atoms with van der Waals surface area (Å²) in [7, 11) is -4.04. The van der Waals surface area contributed by atoms with Crippen LogP contribution in [-0.2, 0) is 14.9 Å². The average Bonchev–Trinajstić information content (AvgIpc) is 3.09. The van der Waals surface area contributed by atoms with Gasteiger partial charge < -0.3 is 10.4 Å². The van der Waals surface area contributed by atoms with Crippen molar-refractivity contribution >= 4 is 45.6 Å². The topological polar surface area (TPSA) is 104 Å². The van der Waals surface area contributed by atoms with Gasteiger partial charge in [-0.3, -0.25) is 9.35 Å². The van der Waals surface area contributed by atoms with Crippen LogP contribution in [-0.4, -0.2) is 71.9 Å². The molecule has 0 unspecified atom stereocenters. The maximum absolute atomic E-state index is 12.2. The molecule has 4 saturated carbocycles. The summed E-state index contributed by atoms with van der Waals surface area (Å²) in [6, 6.07) is 0. The van der Waals surface area contributed by atoms with Gasteiger partial charge in [0.1, 0.15) is 0 Å². The van der Waals surface area contributed by atoms with Crippen molar-refractivity contribution in [3.63, 3.8) is 0 Å². The Morgan fingerprint density at radius 2 is 1.71 bits per heavy atom. The normalized spacial score (nSPS) is 42.5. The van der Waals surface area contributed by atoms with Crippen LogP contribution < -0.4 is 5.32 Å². The van der Waals surface area contributed by atoms with E-state index in [0.717, 1.165) is 37.0 Å². The van der Waals surface area contributed by atoms with E-state index in [4.69, 9.17) is 4.55 Å². The number of rotatable bonds is 7. The number of carbonyl (C=O) groups excluding carboxylic acids is 1. The monoisotopic (exact) mass is 506 g/mol. The van der Waals surface area contributed by atoms with Gasteiger partial charge in [-0.2, -0.15) is 8.42 Å². The van der Waals surface area contributed by atoms with Crippen molar-refractivity contribution in [2.45, 2.75) is 97.5 Å². The van der Waals surface area contributed by atoms with E-state index in [1.54, 1.807) is 0 Å². The molecule has 0 aromatic carbocycles. The van der Waals surface area contributed by atoms with Gasteiger partial charge >= 0.3 is 0 Å². The molecule has 191 valence electrons. The minimum atomic E-state index is -4.04. The molecule has 34 heavy (non-hydrogen) atoms. The summed E-state index contributed by atoms with van der Waals surface area (Å²) in [5.41, 5.74) is 0.771. The minimum Gasteiger partial charge on any atom is -0.393 e. The van der Waals surface area contributed by atoms with Crippen molar-refractivity contribution in [1.29, 1.82) is 0 Å². The van der Waals surface area contributed by atoms with Crippen molar-refractivity contribution in [2.24, 2.45) is 46.3 Å². The number of amides is 1. The van der Waals surface area contributed by atoms with E-state index in [1.165, 1.54) is 44.9 Å². The molecule has 0 aliphatic heterocycles. The summed E-state index contributed by atoms with van der Waals surface area (Å²) in [6.45, 7) is 7.34. The summed E-state index contributed by atoms with van der Waals surface area (Å²) >= 11 is 0. The van der Waals surface area contributed by atoms with Crippen molar-refractivity contribution in [3.8, 4) is 0 Å². The number of hydrogen-bond donors (Lipinski definition) is 3. The van der Waals surface area contributed by atoms with Crippen molar-refractivity contribution in [2.75, 3.05) is 12.3 Å². The van der Waals surface area contributed by atoms with E-state index in [9.17, 15) is 18.3 Å². The fourth-order valence-electron chi connectivity index (χ4n) is 9.18. The van der Waals surface area contributed by atoms with Gasteiger partial charge in [0.25, 0.3) is 10.1 Å². The quantitative estimate of drug-likeness (QED) is 0.357. The number of carbonyl (C=O) groups is 1. The fourth-order valence-corrected chi connectivity index (χ4v) is 9.54. The number of hydrogen-bond acceptors (Lipinski definition) is 4. The van der Waals surface area contributed by atoms with E-state index in [0.29, 0.717) is 35.0 Å². The molecule has 4 fully saturated rings. The summed E-state index contributed by atoms with van der Waals surface area (Å²) in [5.74, 6) is 3.68. The Morgan fingerprint density at radius 3 is 2.41 bits per heavy atom. The molecular formula is C26H45NNaO5S. The van der Waals surface area contributed by atoms with Crippen LogP contribution in [0, 0.1) is 46.3 Å². The van der Waals surface area contributed by atoms with Gasteiger partial charge in [0.15, 0.2) is 0 Å². The van der Waals surface area contributed by atoms with Crippen LogP contribution in [0.4, 0.5) is 0 Å². The Morgan fingerprint density at radius 1 is 1.03 bits per heavy atom. The summed E-state index contributed by atoms with van der Waals surface area (Å²) in [6.07, 6.45) is 12.1. The molecular weight excluding hydrogens is 461 g/mol. The van der Waals surface area contributed by atoms with Crippen molar-refractivity contribution in [1.82, 2.24) is 5.32 Å². The second-order valence-corrected chi connectivity index (χ2v) is 14.0. The molecule has 0 aromatic heterocycles. The van der Waals surface area contributed by atoms with Crippen LogP contribution in [0.5, 0.6) is 0 Å². The van der Waals surface area contributed by atoms with E-state index in [2.05, 4.69) is 26.1 Å². The Balaban J connectivity index is 0.00000324. The Kier molecular flexibility index (Phi) is 9.34. The van der Waals surface area contributed by atoms with Crippen LogP contribution in [0.25, 0.3) is 0 Å². The summed E-state index contributed by atoms with van der Waals surface area (Å²) < 4.78 is 30.5. The first kappa shape index (κ1) is 28.9. The van der Waals surface area contributed by atoms with Gasteiger partial charge in [0.05, 0.1) is 11.9 Å². The number of fused-ring (bicyclic) bond motifs is 5. The third-order valence-corrected chi connectivity index (χ3v) is 11.6. The van der Waals surface area contributed by atoms with E-state index in [-0.39, 0.29) is 48.1 Å². The third-order valence-electron chi connectivity index (χ3n) is 10.9. The van der Waals surface area contributed by atoms with Gasteiger partial charge in [-0.25, -0.2) is 0 Å². The van der Waals surface area contributed by atoms with Gasteiger partial charge in [-0.1, -0.05) is 20.8 Å².